The number of piperazine rings is 1. The van der Waals surface area contributed by atoms with E-state index in [0.29, 0.717) is 6.61 Å². The first-order chi connectivity index (χ1) is 13.2. The highest BCUT2D eigenvalue weighted by molar-refractivity contribution is 6.06. The fourth-order valence-corrected chi connectivity index (χ4v) is 4.72. The lowest BCUT2D eigenvalue weighted by Crippen LogP contribution is -2.48. The van der Waals surface area contributed by atoms with Gasteiger partial charge in [0.1, 0.15) is 5.41 Å². The number of para-hydroxylation sites is 2. The quantitative estimate of drug-likeness (QED) is 0.910. The molecule has 1 amide bonds. The lowest BCUT2D eigenvalue weighted by molar-refractivity contribution is -0.120. The van der Waals surface area contributed by atoms with Crippen LogP contribution in [0, 0.1) is 0 Å². The molecular weight excluding hydrogens is 338 g/mol. The van der Waals surface area contributed by atoms with Crippen LogP contribution in [0.1, 0.15) is 12.0 Å². The van der Waals surface area contributed by atoms with Gasteiger partial charge < -0.3 is 15.0 Å². The maximum absolute atomic E-state index is 12.7. The van der Waals surface area contributed by atoms with Gasteiger partial charge in [-0.05, 0) is 30.2 Å². The first kappa shape index (κ1) is 16.8. The molecule has 5 heteroatoms. The molecule has 0 aliphatic carbocycles. The number of fused-ring (bicyclic) bond motifs is 2. The summed E-state index contributed by atoms with van der Waals surface area (Å²) < 4.78 is 6.12. The fourth-order valence-electron chi connectivity index (χ4n) is 4.72. The molecular formula is C22H25N3O2. The van der Waals surface area contributed by atoms with Gasteiger partial charge in [-0.3, -0.25) is 9.69 Å². The van der Waals surface area contributed by atoms with Crippen LogP contribution < -0.4 is 10.2 Å². The van der Waals surface area contributed by atoms with Crippen LogP contribution in [0.3, 0.4) is 0 Å². The average Bonchev–Trinajstić information content (AvgIpc) is 3.26. The lowest BCUT2D eigenvalue weighted by Gasteiger charge is -2.37. The maximum atomic E-state index is 12.7. The third-order valence-electron chi connectivity index (χ3n) is 6.22. The number of amides is 1. The summed E-state index contributed by atoms with van der Waals surface area (Å²) in [6.45, 7) is 5.52. The van der Waals surface area contributed by atoms with E-state index in [9.17, 15) is 4.79 Å². The van der Waals surface area contributed by atoms with Crippen molar-refractivity contribution in [1.82, 2.24) is 4.90 Å². The summed E-state index contributed by atoms with van der Waals surface area (Å²) >= 11 is 0. The van der Waals surface area contributed by atoms with Gasteiger partial charge in [0.2, 0.25) is 5.91 Å². The van der Waals surface area contributed by atoms with Gasteiger partial charge in [0.25, 0.3) is 0 Å². The number of hydrogen-bond acceptors (Lipinski definition) is 4. The Morgan fingerprint density at radius 2 is 1.74 bits per heavy atom. The van der Waals surface area contributed by atoms with Crippen LogP contribution in [-0.2, 0) is 14.9 Å². The largest absolute Gasteiger partial charge is 0.375 e. The van der Waals surface area contributed by atoms with Crippen molar-refractivity contribution in [3.63, 3.8) is 0 Å². The Morgan fingerprint density at radius 1 is 1.00 bits per heavy atom. The minimum absolute atomic E-state index is 0.0973. The number of carbonyl (C=O) groups is 1. The number of anilines is 2. The molecule has 5 rings (SSSR count). The summed E-state index contributed by atoms with van der Waals surface area (Å²) in [5, 5.41) is 3.04. The molecule has 0 radical (unpaired) electrons. The van der Waals surface area contributed by atoms with Crippen LogP contribution in [0.25, 0.3) is 0 Å². The zero-order chi connectivity index (χ0) is 18.3. The summed E-state index contributed by atoms with van der Waals surface area (Å²) in [4.78, 5) is 17.6. The predicted molar refractivity (Wildman–Crippen MR) is 106 cm³/mol. The number of ether oxygens (including phenoxy) is 1. The van der Waals surface area contributed by atoms with Gasteiger partial charge in [0.05, 0.1) is 12.7 Å². The van der Waals surface area contributed by atoms with E-state index in [-0.39, 0.29) is 12.0 Å². The van der Waals surface area contributed by atoms with E-state index in [1.807, 2.05) is 18.2 Å². The Labute approximate surface area is 159 Å². The maximum Gasteiger partial charge on any atom is 0.237 e. The molecule has 140 valence electrons. The summed E-state index contributed by atoms with van der Waals surface area (Å²) in [6.07, 6.45) is 0.888. The smallest absolute Gasteiger partial charge is 0.237 e. The van der Waals surface area contributed by atoms with Crippen molar-refractivity contribution in [3.05, 3.63) is 60.2 Å². The second-order valence-electron chi connectivity index (χ2n) is 7.84. The minimum Gasteiger partial charge on any atom is -0.375 e. The van der Waals surface area contributed by atoms with Crippen LogP contribution in [0.5, 0.6) is 0 Å². The van der Waals surface area contributed by atoms with E-state index in [0.717, 1.165) is 50.4 Å². The van der Waals surface area contributed by atoms with E-state index in [1.165, 1.54) is 5.69 Å². The molecule has 3 heterocycles. The van der Waals surface area contributed by atoms with Gasteiger partial charge in [0.15, 0.2) is 0 Å². The molecule has 27 heavy (non-hydrogen) atoms. The van der Waals surface area contributed by atoms with Crippen molar-refractivity contribution < 1.29 is 9.53 Å². The summed E-state index contributed by atoms with van der Waals surface area (Å²) in [5.41, 5.74) is 2.86. The lowest BCUT2D eigenvalue weighted by atomic mass is 9.79. The van der Waals surface area contributed by atoms with E-state index in [4.69, 9.17) is 4.74 Å². The Hall–Kier alpha value is -2.37. The molecule has 0 bridgehead atoms. The van der Waals surface area contributed by atoms with Crippen molar-refractivity contribution in [2.24, 2.45) is 0 Å². The molecule has 2 fully saturated rings. The van der Waals surface area contributed by atoms with Gasteiger partial charge >= 0.3 is 0 Å². The number of hydrogen-bond donors (Lipinski definition) is 1. The van der Waals surface area contributed by atoms with Gasteiger partial charge in [-0.15, -0.1) is 0 Å². The Morgan fingerprint density at radius 3 is 2.56 bits per heavy atom. The van der Waals surface area contributed by atoms with Crippen molar-refractivity contribution in [2.45, 2.75) is 17.9 Å². The number of nitrogens with one attached hydrogen (secondary N) is 1. The molecule has 3 aliphatic heterocycles. The van der Waals surface area contributed by atoms with Gasteiger partial charge in [0, 0.05) is 44.1 Å². The van der Waals surface area contributed by atoms with Crippen molar-refractivity contribution in [3.8, 4) is 0 Å². The van der Waals surface area contributed by atoms with Crippen molar-refractivity contribution in [2.75, 3.05) is 49.5 Å². The summed E-state index contributed by atoms with van der Waals surface area (Å²) in [6, 6.07) is 18.6. The zero-order valence-corrected chi connectivity index (χ0v) is 15.4. The standard InChI is InChI=1S/C22H25N3O2/c26-21-22(19-8-4-5-9-20(19)23-21)14-18(27-16-22)15-24-10-12-25(13-11-24)17-6-2-1-3-7-17/h1-9,18H,10-16H2,(H,23,26). The van der Waals surface area contributed by atoms with Crippen LogP contribution in [-0.4, -0.2) is 56.2 Å². The predicted octanol–water partition coefficient (Wildman–Crippen LogP) is 2.49. The Kier molecular flexibility index (Phi) is 4.14. The molecule has 1 spiro atoms. The monoisotopic (exact) mass is 363 g/mol. The van der Waals surface area contributed by atoms with Crippen LogP contribution in [0.2, 0.25) is 0 Å². The van der Waals surface area contributed by atoms with Crippen LogP contribution >= 0.6 is 0 Å². The number of nitrogens with zero attached hydrogens (tertiary/aromatic N) is 2. The minimum atomic E-state index is -0.493. The first-order valence-electron chi connectivity index (χ1n) is 9.79. The van der Waals surface area contributed by atoms with E-state index in [1.54, 1.807) is 0 Å². The molecule has 0 saturated carbocycles. The zero-order valence-electron chi connectivity index (χ0n) is 15.4. The number of carbonyl (C=O) groups excluding carboxylic acids is 1. The molecule has 5 nitrogen and oxygen atoms in total. The fraction of sp³-hybridized carbons (Fsp3) is 0.409. The molecule has 2 atom stereocenters. The van der Waals surface area contributed by atoms with E-state index >= 15 is 0 Å². The van der Waals surface area contributed by atoms with Crippen LogP contribution in [0.4, 0.5) is 11.4 Å². The second-order valence-corrected chi connectivity index (χ2v) is 7.84. The van der Waals surface area contributed by atoms with E-state index in [2.05, 4.69) is 51.5 Å². The molecule has 2 saturated heterocycles. The Bertz CT molecular complexity index is 832. The first-order valence-corrected chi connectivity index (χ1v) is 9.79. The Balaban J connectivity index is 1.21. The normalized spacial score (nSPS) is 27.8. The topological polar surface area (TPSA) is 44.8 Å². The summed E-state index contributed by atoms with van der Waals surface area (Å²) in [5.74, 6) is 0.0973. The van der Waals surface area contributed by atoms with Gasteiger partial charge in [-0.25, -0.2) is 0 Å². The molecule has 2 unspecified atom stereocenters. The molecule has 2 aromatic rings. The van der Waals surface area contributed by atoms with Gasteiger partial charge in [-0.1, -0.05) is 36.4 Å². The molecule has 2 aromatic carbocycles. The number of benzene rings is 2. The molecule has 0 aromatic heterocycles. The van der Waals surface area contributed by atoms with Gasteiger partial charge in [-0.2, -0.15) is 0 Å². The molecule has 3 aliphatic rings. The van der Waals surface area contributed by atoms with Crippen molar-refractivity contribution in [1.29, 1.82) is 0 Å². The average molecular weight is 363 g/mol. The SMILES string of the molecule is O=C1Nc2ccccc2C12COC(CN1CCN(c3ccccc3)CC1)C2. The second kappa shape index (κ2) is 6.66. The van der Waals surface area contributed by atoms with E-state index < -0.39 is 5.41 Å². The third kappa shape index (κ3) is 2.91. The number of rotatable bonds is 3. The molecule has 1 N–H and O–H groups in total. The highest BCUT2D eigenvalue weighted by Gasteiger charge is 2.52. The summed E-state index contributed by atoms with van der Waals surface area (Å²) in [7, 11) is 0. The highest BCUT2D eigenvalue weighted by Crippen LogP contribution is 2.45. The van der Waals surface area contributed by atoms with Crippen LogP contribution in [0.15, 0.2) is 54.6 Å². The highest BCUT2D eigenvalue weighted by atomic mass is 16.5. The third-order valence-corrected chi connectivity index (χ3v) is 6.22. The van der Waals surface area contributed by atoms with Crippen molar-refractivity contribution >= 4 is 17.3 Å².